The molecule has 1 saturated carbocycles. The number of methoxy groups -OCH3 is 1. The first-order valence-electron chi connectivity index (χ1n) is 3.33. The standard InChI is InChI=1S/C6H6F6O/c1-13-3-2-4(7,8)6(11,12)5(3,9)10/h3H,2H2,1H3. The van der Waals surface area contributed by atoms with Crippen LogP contribution in [0.1, 0.15) is 6.42 Å². The smallest absolute Gasteiger partial charge is 0.374 e. The molecule has 1 aliphatic carbocycles. The Morgan fingerprint density at radius 3 is 1.69 bits per heavy atom. The lowest BCUT2D eigenvalue weighted by molar-refractivity contribution is -0.282. The Labute approximate surface area is 69.7 Å². The second-order valence-electron chi connectivity index (χ2n) is 2.83. The molecular weight excluding hydrogens is 202 g/mol. The van der Waals surface area contributed by atoms with Gasteiger partial charge in [-0.05, 0) is 0 Å². The van der Waals surface area contributed by atoms with Gasteiger partial charge >= 0.3 is 17.8 Å². The van der Waals surface area contributed by atoms with E-state index in [2.05, 4.69) is 4.74 Å². The van der Waals surface area contributed by atoms with Crippen molar-refractivity contribution in [1.29, 1.82) is 0 Å². The van der Waals surface area contributed by atoms with Crippen LogP contribution in [0.25, 0.3) is 0 Å². The zero-order valence-corrected chi connectivity index (χ0v) is 6.46. The van der Waals surface area contributed by atoms with Crippen LogP contribution in [0.3, 0.4) is 0 Å². The van der Waals surface area contributed by atoms with E-state index < -0.39 is 30.3 Å². The van der Waals surface area contributed by atoms with E-state index in [0.29, 0.717) is 7.11 Å². The van der Waals surface area contributed by atoms with Gasteiger partial charge in [-0.3, -0.25) is 0 Å². The molecule has 13 heavy (non-hydrogen) atoms. The molecule has 0 aliphatic heterocycles. The molecule has 0 aromatic rings. The van der Waals surface area contributed by atoms with Crippen LogP contribution in [0.4, 0.5) is 26.3 Å². The minimum atomic E-state index is -5.33. The van der Waals surface area contributed by atoms with Gasteiger partial charge in [0.2, 0.25) is 0 Å². The number of halogens is 6. The second kappa shape index (κ2) is 2.52. The van der Waals surface area contributed by atoms with Crippen LogP contribution < -0.4 is 0 Å². The van der Waals surface area contributed by atoms with Crippen molar-refractivity contribution >= 4 is 0 Å². The van der Waals surface area contributed by atoms with Gasteiger partial charge in [-0.25, -0.2) is 0 Å². The number of hydrogen-bond acceptors (Lipinski definition) is 1. The molecule has 1 atom stereocenters. The molecule has 0 saturated heterocycles. The first-order chi connectivity index (χ1) is 5.67. The van der Waals surface area contributed by atoms with Crippen molar-refractivity contribution in [2.24, 2.45) is 0 Å². The Morgan fingerprint density at radius 2 is 1.54 bits per heavy atom. The van der Waals surface area contributed by atoms with Gasteiger partial charge in [-0.1, -0.05) is 0 Å². The summed E-state index contributed by atoms with van der Waals surface area (Å²) in [4.78, 5) is 0. The van der Waals surface area contributed by atoms with E-state index in [1.165, 1.54) is 0 Å². The summed E-state index contributed by atoms with van der Waals surface area (Å²) in [6.45, 7) is 0. The van der Waals surface area contributed by atoms with E-state index in [-0.39, 0.29) is 0 Å². The maximum Gasteiger partial charge on any atom is 0.374 e. The second-order valence-corrected chi connectivity index (χ2v) is 2.83. The SMILES string of the molecule is COC1CC(F)(F)C(F)(F)C1(F)F. The van der Waals surface area contributed by atoms with Crippen LogP contribution in [0.2, 0.25) is 0 Å². The van der Waals surface area contributed by atoms with Crippen LogP contribution in [-0.4, -0.2) is 31.0 Å². The van der Waals surface area contributed by atoms with Gasteiger partial charge in [0.05, 0.1) is 6.42 Å². The first-order valence-corrected chi connectivity index (χ1v) is 3.33. The third kappa shape index (κ3) is 1.13. The Balaban J connectivity index is 3.08. The van der Waals surface area contributed by atoms with Crippen LogP contribution in [-0.2, 0) is 4.74 Å². The molecule has 1 rings (SSSR count). The molecule has 1 nitrogen and oxygen atoms in total. The predicted molar refractivity (Wildman–Crippen MR) is 30.3 cm³/mol. The number of ether oxygens (including phenoxy) is 1. The van der Waals surface area contributed by atoms with Crippen molar-refractivity contribution < 1.29 is 31.1 Å². The molecule has 0 aromatic heterocycles. The number of alkyl halides is 6. The van der Waals surface area contributed by atoms with Gasteiger partial charge in [-0.2, -0.15) is 26.3 Å². The zero-order valence-electron chi connectivity index (χ0n) is 6.46. The maximum absolute atomic E-state index is 12.5. The summed E-state index contributed by atoms with van der Waals surface area (Å²) in [6.07, 6.45) is -4.10. The van der Waals surface area contributed by atoms with Gasteiger partial charge < -0.3 is 4.74 Å². The fourth-order valence-electron chi connectivity index (χ4n) is 1.17. The molecule has 78 valence electrons. The highest BCUT2D eigenvalue weighted by Gasteiger charge is 2.80. The van der Waals surface area contributed by atoms with E-state index >= 15 is 0 Å². The van der Waals surface area contributed by atoms with Gasteiger partial charge in [0, 0.05) is 7.11 Å². The van der Waals surface area contributed by atoms with Crippen molar-refractivity contribution in [3.63, 3.8) is 0 Å². The molecule has 1 aliphatic rings. The predicted octanol–water partition coefficient (Wildman–Crippen LogP) is 2.31. The average molecular weight is 208 g/mol. The van der Waals surface area contributed by atoms with Gasteiger partial charge in [-0.15, -0.1) is 0 Å². The van der Waals surface area contributed by atoms with Crippen LogP contribution in [0.5, 0.6) is 0 Å². The summed E-state index contributed by atoms with van der Waals surface area (Å²) >= 11 is 0. The van der Waals surface area contributed by atoms with Crippen LogP contribution in [0.15, 0.2) is 0 Å². The largest absolute Gasteiger partial charge is 0.375 e. The Morgan fingerprint density at radius 1 is 1.08 bits per heavy atom. The van der Waals surface area contributed by atoms with Crippen LogP contribution in [0, 0.1) is 0 Å². The summed E-state index contributed by atoms with van der Waals surface area (Å²) in [7, 11) is 0.691. The van der Waals surface area contributed by atoms with E-state index in [1.54, 1.807) is 0 Å². The lowest BCUT2D eigenvalue weighted by Crippen LogP contribution is -2.49. The minimum Gasteiger partial charge on any atom is -0.375 e. The molecule has 0 N–H and O–H groups in total. The third-order valence-electron chi connectivity index (χ3n) is 2.01. The summed E-state index contributed by atoms with van der Waals surface area (Å²) < 4.78 is 78.3. The van der Waals surface area contributed by atoms with Crippen molar-refractivity contribution in [3.05, 3.63) is 0 Å². The molecule has 0 radical (unpaired) electrons. The zero-order chi connectivity index (χ0) is 10.5. The maximum atomic E-state index is 12.5. The molecule has 1 fully saturated rings. The quantitative estimate of drug-likeness (QED) is 0.601. The summed E-state index contributed by atoms with van der Waals surface area (Å²) in [5, 5.41) is 0. The Hall–Kier alpha value is -0.460. The van der Waals surface area contributed by atoms with Gasteiger partial charge in [0.15, 0.2) is 0 Å². The van der Waals surface area contributed by atoms with E-state index in [0.717, 1.165) is 0 Å². The summed E-state index contributed by atoms with van der Waals surface area (Å²) in [6, 6.07) is 0. The average Bonchev–Trinajstić information content (AvgIpc) is 2.08. The van der Waals surface area contributed by atoms with E-state index in [4.69, 9.17) is 0 Å². The highest BCUT2D eigenvalue weighted by atomic mass is 19.3. The molecular formula is C6H6F6O. The lowest BCUT2D eigenvalue weighted by Gasteiger charge is -2.24. The van der Waals surface area contributed by atoms with E-state index in [9.17, 15) is 26.3 Å². The van der Waals surface area contributed by atoms with Crippen molar-refractivity contribution in [1.82, 2.24) is 0 Å². The third-order valence-corrected chi connectivity index (χ3v) is 2.01. The molecule has 0 spiro atoms. The molecule has 0 bridgehead atoms. The van der Waals surface area contributed by atoms with Gasteiger partial charge in [0.25, 0.3) is 0 Å². The monoisotopic (exact) mass is 208 g/mol. The fraction of sp³-hybridized carbons (Fsp3) is 1.00. The van der Waals surface area contributed by atoms with E-state index in [1.807, 2.05) is 0 Å². The first kappa shape index (κ1) is 10.6. The van der Waals surface area contributed by atoms with Crippen molar-refractivity contribution in [2.75, 3.05) is 7.11 Å². The highest BCUT2D eigenvalue weighted by Crippen LogP contribution is 2.56. The fourth-order valence-corrected chi connectivity index (χ4v) is 1.17. The lowest BCUT2D eigenvalue weighted by atomic mass is 10.2. The Kier molecular flexibility index (Phi) is 2.06. The molecule has 1 unspecified atom stereocenters. The summed E-state index contributed by atoms with van der Waals surface area (Å²) in [5.74, 6) is -14.9. The molecule has 7 heteroatoms. The molecule has 0 heterocycles. The highest BCUT2D eigenvalue weighted by molar-refractivity contribution is 5.09. The van der Waals surface area contributed by atoms with Crippen molar-refractivity contribution in [2.45, 2.75) is 30.3 Å². The number of hydrogen-bond donors (Lipinski definition) is 0. The van der Waals surface area contributed by atoms with Crippen molar-refractivity contribution in [3.8, 4) is 0 Å². The van der Waals surface area contributed by atoms with Gasteiger partial charge in [0.1, 0.15) is 6.10 Å². The summed E-state index contributed by atoms with van der Waals surface area (Å²) in [5.41, 5.74) is 0. The molecule has 0 aromatic carbocycles. The topological polar surface area (TPSA) is 9.23 Å². The Bertz CT molecular complexity index is 213. The molecule has 0 amide bonds. The number of rotatable bonds is 1. The minimum absolute atomic E-state index is 0.691. The van der Waals surface area contributed by atoms with Crippen LogP contribution >= 0.6 is 0 Å². The normalized spacial score (nSPS) is 34.8.